The number of sulfonamides is 1. The average molecular weight is 478 g/mol. The molecule has 0 spiro atoms. The Morgan fingerprint density at radius 1 is 1.06 bits per heavy atom. The second-order valence-electron chi connectivity index (χ2n) is 8.82. The number of hydrogen-bond acceptors (Lipinski definition) is 5. The minimum atomic E-state index is -3.63. The van der Waals surface area contributed by atoms with Crippen molar-refractivity contribution in [3.8, 4) is 5.75 Å². The van der Waals surface area contributed by atoms with Crippen LogP contribution in [0.1, 0.15) is 51.4 Å². The fourth-order valence-corrected chi connectivity index (χ4v) is 4.33. The lowest BCUT2D eigenvalue weighted by atomic mass is 10.1. The van der Waals surface area contributed by atoms with Gasteiger partial charge in [-0.2, -0.15) is 0 Å². The Morgan fingerprint density at radius 2 is 1.69 bits per heavy atom. The molecule has 1 amide bonds. The predicted molar refractivity (Wildman–Crippen MR) is 132 cm³/mol. The average Bonchev–Trinajstić information content (AvgIpc) is 2.66. The number of amides is 1. The third-order valence-corrected chi connectivity index (χ3v) is 6.15. The van der Waals surface area contributed by atoms with Crippen molar-refractivity contribution in [1.82, 2.24) is 10.0 Å². The van der Waals surface area contributed by atoms with E-state index in [0.717, 1.165) is 6.42 Å². The van der Waals surface area contributed by atoms with Crippen molar-refractivity contribution in [2.24, 2.45) is 5.92 Å². The van der Waals surface area contributed by atoms with Gasteiger partial charge >= 0.3 is 0 Å². The van der Waals surface area contributed by atoms with Crippen LogP contribution in [0.2, 0.25) is 0 Å². The van der Waals surface area contributed by atoms with Crippen molar-refractivity contribution >= 4 is 38.9 Å². The molecular formula is C23H31N3O4S2. The lowest BCUT2D eigenvalue weighted by Gasteiger charge is -2.20. The highest BCUT2D eigenvalue weighted by Crippen LogP contribution is 2.19. The summed E-state index contributed by atoms with van der Waals surface area (Å²) in [6.07, 6.45) is 0.882. The Hall–Kier alpha value is -2.49. The van der Waals surface area contributed by atoms with Crippen LogP contribution >= 0.6 is 12.2 Å². The number of rotatable bonds is 8. The minimum absolute atomic E-state index is 0.0930. The van der Waals surface area contributed by atoms with Crippen molar-refractivity contribution in [2.45, 2.75) is 51.5 Å². The smallest absolute Gasteiger partial charge is 0.261 e. The summed E-state index contributed by atoms with van der Waals surface area (Å²) in [5.74, 6) is 0.601. The second kappa shape index (κ2) is 10.9. The standard InChI is InChI=1S/C23H31N3O4S2/c1-16(2)14-15-30-20-9-7-6-8-19(20)21(27)25-22(31)24-17-10-12-18(13-11-17)32(28,29)26-23(3,4)5/h6-13,16,26H,14-15H2,1-5H3,(H2,24,25,27,31). The molecule has 2 aromatic carbocycles. The molecule has 0 saturated heterocycles. The van der Waals surface area contributed by atoms with E-state index in [-0.39, 0.29) is 10.0 Å². The Kier molecular flexibility index (Phi) is 8.77. The van der Waals surface area contributed by atoms with E-state index >= 15 is 0 Å². The van der Waals surface area contributed by atoms with Crippen molar-refractivity contribution in [3.05, 3.63) is 54.1 Å². The summed E-state index contributed by atoms with van der Waals surface area (Å²) in [7, 11) is -3.63. The lowest BCUT2D eigenvalue weighted by Crippen LogP contribution is -2.40. The molecule has 2 aromatic rings. The van der Waals surface area contributed by atoms with Crippen LogP contribution in [-0.4, -0.2) is 31.6 Å². The van der Waals surface area contributed by atoms with Gasteiger partial charge in [-0.05, 0) is 81.7 Å². The fourth-order valence-electron chi connectivity index (χ4n) is 2.70. The molecule has 0 heterocycles. The number of carbonyl (C=O) groups is 1. The molecule has 0 aliphatic heterocycles. The van der Waals surface area contributed by atoms with Gasteiger partial charge in [-0.1, -0.05) is 26.0 Å². The van der Waals surface area contributed by atoms with Gasteiger partial charge in [0.05, 0.1) is 17.1 Å². The fraction of sp³-hybridized carbons (Fsp3) is 0.391. The van der Waals surface area contributed by atoms with Gasteiger partial charge in [0.1, 0.15) is 5.75 Å². The van der Waals surface area contributed by atoms with E-state index in [1.807, 2.05) is 6.07 Å². The Bertz CT molecular complexity index is 1040. The normalized spacial score (nSPS) is 11.8. The van der Waals surface area contributed by atoms with E-state index in [2.05, 4.69) is 29.2 Å². The molecule has 0 aromatic heterocycles. The molecule has 32 heavy (non-hydrogen) atoms. The number of nitrogens with one attached hydrogen (secondary N) is 3. The summed E-state index contributed by atoms with van der Waals surface area (Å²) >= 11 is 5.24. The van der Waals surface area contributed by atoms with Crippen LogP contribution in [0, 0.1) is 5.92 Å². The maximum Gasteiger partial charge on any atom is 0.261 e. The Balaban J connectivity index is 2.00. The molecule has 0 radical (unpaired) electrons. The molecule has 9 heteroatoms. The predicted octanol–water partition coefficient (Wildman–Crippen LogP) is 4.32. The van der Waals surface area contributed by atoms with Gasteiger partial charge in [0.2, 0.25) is 10.0 Å². The highest BCUT2D eigenvalue weighted by atomic mass is 32.2. The SMILES string of the molecule is CC(C)CCOc1ccccc1C(=O)NC(=S)Nc1ccc(S(=O)(=O)NC(C)(C)C)cc1. The molecule has 0 unspecified atom stereocenters. The first-order chi connectivity index (χ1) is 14.9. The van der Waals surface area contributed by atoms with E-state index in [0.29, 0.717) is 29.5 Å². The van der Waals surface area contributed by atoms with Gasteiger partial charge in [-0.3, -0.25) is 10.1 Å². The van der Waals surface area contributed by atoms with Gasteiger partial charge in [-0.25, -0.2) is 13.1 Å². The highest BCUT2D eigenvalue weighted by Gasteiger charge is 2.22. The maximum atomic E-state index is 12.7. The zero-order chi connectivity index (χ0) is 23.9. The van der Waals surface area contributed by atoms with Crippen LogP contribution in [0.15, 0.2) is 53.4 Å². The molecular weight excluding hydrogens is 446 g/mol. The Labute approximate surface area is 196 Å². The first kappa shape index (κ1) is 25.8. The van der Waals surface area contributed by atoms with Gasteiger partial charge in [0.15, 0.2) is 5.11 Å². The van der Waals surface area contributed by atoms with Crippen molar-refractivity contribution in [3.63, 3.8) is 0 Å². The summed E-state index contributed by atoms with van der Waals surface area (Å²) < 4.78 is 33.2. The number of ether oxygens (including phenoxy) is 1. The molecule has 174 valence electrons. The number of benzene rings is 2. The van der Waals surface area contributed by atoms with Gasteiger partial charge in [0.25, 0.3) is 5.91 Å². The molecule has 0 aliphatic carbocycles. The molecule has 0 bridgehead atoms. The zero-order valence-corrected chi connectivity index (χ0v) is 20.7. The van der Waals surface area contributed by atoms with Crippen LogP contribution in [-0.2, 0) is 10.0 Å². The van der Waals surface area contributed by atoms with Crippen LogP contribution in [0.4, 0.5) is 5.69 Å². The van der Waals surface area contributed by atoms with Crippen LogP contribution < -0.4 is 20.1 Å². The topological polar surface area (TPSA) is 96.5 Å². The summed E-state index contributed by atoms with van der Waals surface area (Å²) in [4.78, 5) is 12.8. The minimum Gasteiger partial charge on any atom is -0.493 e. The van der Waals surface area contributed by atoms with Gasteiger partial charge < -0.3 is 10.1 Å². The van der Waals surface area contributed by atoms with E-state index in [1.54, 1.807) is 51.1 Å². The number of anilines is 1. The van der Waals surface area contributed by atoms with Crippen LogP contribution in [0.5, 0.6) is 5.75 Å². The van der Waals surface area contributed by atoms with Crippen molar-refractivity contribution in [2.75, 3.05) is 11.9 Å². The first-order valence-electron chi connectivity index (χ1n) is 10.4. The van der Waals surface area contributed by atoms with Crippen LogP contribution in [0.3, 0.4) is 0 Å². The molecule has 0 atom stereocenters. The summed E-state index contributed by atoms with van der Waals surface area (Å²) in [6.45, 7) is 10.0. The molecule has 7 nitrogen and oxygen atoms in total. The molecule has 3 N–H and O–H groups in total. The number of carbonyl (C=O) groups excluding carboxylic acids is 1. The number of thiocarbonyl (C=S) groups is 1. The van der Waals surface area contributed by atoms with E-state index in [4.69, 9.17) is 17.0 Å². The third kappa shape index (κ3) is 8.22. The molecule has 0 fully saturated rings. The largest absolute Gasteiger partial charge is 0.493 e. The Morgan fingerprint density at radius 3 is 2.28 bits per heavy atom. The van der Waals surface area contributed by atoms with E-state index in [1.165, 1.54) is 12.1 Å². The molecule has 0 saturated carbocycles. The summed E-state index contributed by atoms with van der Waals surface area (Å²) in [6, 6.07) is 13.1. The second-order valence-corrected chi connectivity index (χ2v) is 10.9. The zero-order valence-electron chi connectivity index (χ0n) is 19.1. The van der Waals surface area contributed by atoms with Gasteiger partial charge in [0, 0.05) is 11.2 Å². The maximum absolute atomic E-state index is 12.7. The summed E-state index contributed by atoms with van der Waals surface area (Å²) in [5.41, 5.74) is 0.345. The summed E-state index contributed by atoms with van der Waals surface area (Å²) in [5, 5.41) is 5.61. The molecule has 2 rings (SSSR count). The van der Waals surface area contributed by atoms with Crippen molar-refractivity contribution in [1.29, 1.82) is 0 Å². The van der Waals surface area contributed by atoms with E-state index in [9.17, 15) is 13.2 Å². The number of hydrogen-bond donors (Lipinski definition) is 3. The quantitative estimate of drug-likeness (QED) is 0.490. The van der Waals surface area contributed by atoms with Gasteiger partial charge in [-0.15, -0.1) is 0 Å². The molecule has 0 aliphatic rings. The number of para-hydroxylation sites is 1. The highest BCUT2D eigenvalue weighted by molar-refractivity contribution is 7.89. The van der Waals surface area contributed by atoms with Crippen LogP contribution in [0.25, 0.3) is 0 Å². The van der Waals surface area contributed by atoms with E-state index < -0.39 is 21.5 Å². The van der Waals surface area contributed by atoms with Crippen molar-refractivity contribution < 1.29 is 17.9 Å². The monoisotopic (exact) mass is 477 g/mol. The first-order valence-corrected chi connectivity index (χ1v) is 12.2. The third-order valence-electron chi connectivity index (χ3n) is 4.17. The lowest BCUT2D eigenvalue weighted by molar-refractivity contribution is 0.0973.